The maximum Gasteiger partial charge on any atom is 0.254 e. The van der Waals surface area contributed by atoms with Gasteiger partial charge in [0.1, 0.15) is 17.2 Å². The summed E-state index contributed by atoms with van der Waals surface area (Å²) in [4.78, 5) is 14.8. The van der Waals surface area contributed by atoms with Crippen LogP contribution in [-0.2, 0) is 6.54 Å². The Balaban J connectivity index is 1.56. The number of hydrogen-bond acceptors (Lipinski definition) is 5. The second-order valence-electron chi connectivity index (χ2n) is 6.92. The lowest BCUT2D eigenvalue weighted by Crippen LogP contribution is -2.32. The van der Waals surface area contributed by atoms with Crippen molar-refractivity contribution in [3.8, 4) is 22.8 Å². The van der Waals surface area contributed by atoms with Crippen LogP contribution in [-0.4, -0.2) is 36.2 Å². The van der Waals surface area contributed by atoms with Gasteiger partial charge in [-0.2, -0.15) is 0 Å². The predicted octanol–water partition coefficient (Wildman–Crippen LogP) is 4.82. The third kappa shape index (κ3) is 4.22. The lowest BCUT2D eigenvalue weighted by Gasteiger charge is -2.21. The molecule has 0 saturated heterocycles. The molecule has 0 N–H and O–H groups in total. The minimum atomic E-state index is -0.0317. The number of rotatable bonds is 7. The highest BCUT2D eigenvalue weighted by molar-refractivity contribution is 6.30. The number of benzene rings is 2. The van der Waals surface area contributed by atoms with Crippen LogP contribution in [0.2, 0.25) is 5.02 Å². The molecule has 6 nitrogen and oxygen atoms in total. The summed E-state index contributed by atoms with van der Waals surface area (Å²) >= 11 is 5.94. The highest BCUT2D eigenvalue weighted by atomic mass is 35.5. The zero-order valence-electron chi connectivity index (χ0n) is 16.2. The van der Waals surface area contributed by atoms with Gasteiger partial charge in [0.05, 0.1) is 26.3 Å². The zero-order chi connectivity index (χ0) is 20.4. The maximum absolute atomic E-state index is 13.0. The number of ether oxygens (including phenoxy) is 2. The molecule has 2 aromatic carbocycles. The van der Waals surface area contributed by atoms with Crippen molar-refractivity contribution in [3.05, 3.63) is 64.8 Å². The second-order valence-corrected chi connectivity index (χ2v) is 7.36. The third-order valence-corrected chi connectivity index (χ3v) is 5.16. The molecule has 7 heteroatoms. The minimum absolute atomic E-state index is 0.0317. The van der Waals surface area contributed by atoms with Crippen LogP contribution in [0.3, 0.4) is 0 Å². The summed E-state index contributed by atoms with van der Waals surface area (Å²) in [6, 6.07) is 14.5. The number of carbonyl (C=O) groups is 1. The van der Waals surface area contributed by atoms with Gasteiger partial charge >= 0.3 is 0 Å². The summed E-state index contributed by atoms with van der Waals surface area (Å²) in [5.74, 6) is 1.87. The minimum Gasteiger partial charge on any atom is -0.497 e. The van der Waals surface area contributed by atoms with E-state index in [-0.39, 0.29) is 11.9 Å². The van der Waals surface area contributed by atoms with E-state index in [0.29, 0.717) is 40.1 Å². The van der Waals surface area contributed by atoms with E-state index in [9.17, 15) is 4.79 Å². The van der Waals surface area contributed by atoms with Gasteiger partial charge in [0.25, 0.3) is 5.91 Å². The second kappa shape index (κ2) is 8.17. The quantitative estimate of drug-likeness (QED) is 0.556. The molecule has 4 rings (SSSR count). The van der Waals surface area contributed by atoms with E-state index in [0.717, 1.165) is 18.4 Å². The van der Waals surface area contributed by atoms with Gasteiger partial charge in [0, 0.05) is 28.8 Å². The molecule has 1 heterocycles. The SMILES string of the molecule is COc1ccc(-c2cc(CN(C(=O)c3ccc(Cl)cc3)C3CC3)no2)c(OC)c1. The molecule has 150 valence electrons. The molecule has 0 unspecified atom stereocenters. The Kier molecular flexibility index (Phi) is 5.45. The van der Waals surface area contributed by atoms with Gasteiger partial charge in [-0.1, -0.05) is 16.8 Å². The van der Waals surface area contributed by atoms with Crippen molar-refractivity contribution < 1.29 is 18.8 Å². The molecule has 0 radical (unpaired) electrons. The molecule has 29 heavy (non-hydrogen) atoms. The fraction of sp³-hybridized carbons (Fsp3) is 0.273. The fourth-order valence-electron chi connectivity index (χ4n) is 3.20. The Hall–Kier alpha value is -2.99. The molecule has 1 amide bonds. The number of carbonyl (C=O) groups excluding carboxylic acids is 1. The average Bonchev–Trinajstić information content (AvgIpc) is 3.49. The van der Waals surface area contributed by atoms with Crippen LogP contribution in [0.15, 0.2) is 53.1 Å². The zero-order valence-corrected chi connectivity index (χ0v) is 17.0. The number of halogens is 1. The van der Waals surface area contributed by atoms with Crippen LogP contribution in [0.25, 0.3) is 11.3 Å². The standard InChI is InChI=1S/C22H21ClN2O4/c1-27-18-9-10-19(20(12-18)28-2)21-11-16(24-29-21)13-25(17-7-8-17)22(26)14-3-5-15(23)6-4-14/h3-6,9-12,17H,7-8,13H2,1-2H3. The van der Waals surface area contributed by atoms with Gasteiger partial charge in [-0.25, -0.2) is 0 Å². The van der Waals surface area contributed by atoms with E-state index in [4.69, 9.17) is 25.6 Å². The summed E-state index contributed by atoms with van der Waals surface area (Å²) in [7, 11) is 3.19. The molecule has 1 aliphatic rings. The number of aromatic nitrogens is 1. The van der Waals surface area contributed by atoms with Crippen LogP contribution in [0.5, 0.6) is 11.5 Å². The van der Waals surface area contributed by atoms with E-state index in [1.54, 1.807) is 44.6 Å². The van der Waals surface area contributed by atoms with E-state index in [1.165, 1.54) is 0 Å². The van der Waals surface area contributed by atoms with E-state index < -0.39 is 0 Å². The number of nitrogens with zero attached hydrogens (tertiary/aromatic N) is 2. The van der Waals surface area contributed by atoms with E-state index in [1.807, 2.05) is 23.1 Å². The summed E-state index contributed by atoms with van der Waals surface area (Å²) < 4.78 is 16.2. The molecule has 1 saturated carbocycles. The highest BCUT2D eigenvalue weighted by Gasteiger charge is 2.33. The van der Waals surface area contributed by atoms with Gasteiger partial charge in [0.15, 0.2) is 5.76 Å². The maximum atomic E-state index is 13.0. The van der Waals surface area contributed by atoms with Crippen molar-refractivity contribution in [2.75, 3.05) is 14.2 Å². The van der Waals surface area contributed by atoms with Crippen LogP contribution < -0.4 is 9.47 Å². The van der Waals surface area contributed by atoms with Crippen molar-refractivity contribution in [1.29, 1.82) is 0 Å². The first-order valence-corrected chi connectivity index (χ1v) is 9.71. The Morgan fingerprint density at radius 3 is 2.55 bits per heavy atom. The first kappa shape index (κ1) is 19.3. The van der Waals surface area contributed by atoms with E-state index >= 15 is 0 Å². The smallest absolute Gasteiger partial charge is 0.254 e. The van der Waals surface area contributed by atoms with Crippen molar-refractivity contribution in [1.82, 2.24) is 10.1 Å². The van der Waals surface area contributed by atoms with Gasteiger partial charge in [-0.05, 0) is 49.2 Å². The van der Waals surface area contributed by atoms with Crippen molar-refractivity contribution in [3.63, 3.8) is 0 Å². The largest absolute Gasteiger partial charge is 0.497 e. The molecule has 0 bridgehead atoms. The van der Waals surface area contributed by atoms with Gasteiger partial charge in [-0.15, -0.1) is 0 Å². The Morgan fingerprint density at radius 2 is 1.90 bits per heavy atom. The molecule has 1 fully saturated rings. The molecule has 3 aromatic rings. The molecule has 1 aliphatic carbocycles. The van der Waals surface area contributed by atoms with Gasteiger partial charge in [0.2, 0.25) is 0 Å². The molecular weight excluding hydrogens is 392 g/mol. The summed E-state index contributed by atoms with van der Waals surface area (Å²) in [6.45, 7) is 0.383. The van der Waals surface area contributed by atoms with Crippen molar-refractivity contribution in [2.24, 2.45) is 0 Å². The van der Waals surface area contributed by atoms with Crippen LogP contribution in [0.4, 0.5) is 0 Å². The highest BCUT2D eigenvalue weighted by Crippen LogP contribution is 2.35. The number of methoxy groups -OCH3 is 2. The Labute approximate surface area is 174 Å². The van der Waals surface area contributed by atoms with Crippen molar-refractivity contribution in [2.45, 2.75) is 25.4 Å². The lowest BCUT2D eigenvalue weighted by atomic mass is 10.1. The molecular formula is C22H21ClN2O4. The summed E-state index contributed by atoms with van der Waals surface area (Å²) in [6.07, 6.45) is 1.99. The summed E-state index contributed by atoms with van der Waals surface area (Å²) in [5.41, 5.74) is 2.07. The van der Waals surface area contributed by atoms with Crippen LogP contribution in [0.1, 0.15) is 28.9 Å². The normalized spacial score (nSPS) is 13.2. The lowest BCUT2D eigenvalue weighted by molar-refractivity contribution is 0.0726. The number of hydrogen-bond donors (Lipinski definition) is 0. The Bertz CT molecular complexity index is 1010. The third-order valence-electron chi connectivity index (χ3n) is 4.91. The monoisotopic (exact) mass is 412 g/mol. The van der Waals surface area contributed by atoms with Crippen LogP contribution >= 0.6 is 11.6 Å². The first-order chi connectivity index (χ1) is 14.1. The average molecular weight is 413 g/mol. The first-order valence-electron chi connectivity index (χ1n) is 9.33. The van der Waals surface area contributed by atoms with Gasteiger partial charge in [-0.3, -0.25) is 4.79 Å². The number of amides is 1. The molecule has 1 aromatic heterocycles. The predicted molar refractivity (Wildman–Crippen MR) is 109 cm³/mol. The molecule has 0 spiro atoms. The fourth-order valence-corrected chi connectivity index (χ4v) is 3.33. The van der Waals surface area contributed by atoms with Crippen LogP contribution in [0, 0.1) is 0 Å². The summed E-state index contributed by atoms with van der Waals surface area (Å²) in [5, 5.41) is 4.78. The van der Waals surface area contributed by atoms with E-state index in [2.05, 4.69) is 5.16 Å². The molecule has 0 aliphatic heterocycles. The topological polar surface area (TPSA) is 64.8 Å². The Morgan fingerprint density at radius 1 is 1.14 bits per heavy atom. The van der Waals surface area contributed by atoms with Crippen molar-refractivity contribution >= 4 is 17.5 Å². The van der Waals surface area contributed by atoms with Gasteiger partial charge < -0.3 is 18.9 Å². The molecule has 0 atom stereocenters.